The predicted molar refractivity (Wildman–Crippen MR) is 56.3 cm³/mol. The maximum Gasteiger partial charge on any atom is 0.248 e. The first kappa shape index (κ1) is 8.75. The number of primary amides is 1. The zero-order valence-electron chi connectivity index (χ0n) is 7.73. The van der Waals surface area contributed by atoms with Crippen LogP contribution >= 0.6 is 0 Å². The molecule has 0 spiro atoms. The van der Waals surface area contributed by atoms with Gasteiger partial charge in [-0.1, -0.05) is 36.5 Å². The second-order valence-electron chi connectivity index (χ2n) is 3.30. The molecule has 0 atom stereocenters. The molecular weight excluding hydrogens is 174 g/mol. The molecule has 14 heavy (non-hydrogen) atoms. The minimum absolute atomic E-state index is 0.363. The molecule has 0 aliphatic heterocycles. The summed E-state index contributed by atoms with van der Waals surface area (Å²) in [5, 5.41) is 0. The van der Waals surface area contributed by atoms with Crippen LogP contribution in [0.25, 0.3) is 0 Å². The van der Waals surface area contributed by atoms with Crippen molar-refractivity contribution in [1.82, 2.24) is 0 Å². The summed E-state index contributed by atoms with van der Waals surface area (Å²) in [4.78, 5) is 11.2. The zero-order valence-corrected chi connectivity index (χ0v) is 7.73. The Bertz CT molecular complexity index is 420. The molecule has 2 aliphatic carbocycles. The minimum Gasteiger partial charge on any atom is -0.366 e. The number of hydrogen-bond acceptors (Lipinski definition) is 1. The van der Waals surface area contributed by atoms with Gasteiger partial charge in [0, 0.05) is 5.57 Å². The number of nitrogens with two attached hydrogens (primary N) is 1. The van der Waals surface area contributed by atoms with Gasteiger partial charge < -0.3 is 5.73 Å². The summed E-state index contributed by atoms with van der Waals surface area (Å²) >= 11 is 0. The summed E-state index contributed by atoms with van der Waals surface area (Å²) < 4.78 is 0. The highest BCUT2D eigenvalue weighted by Gasteiger charge is 2.13. The standard InChI is InChI=1S/C12H11NO/c13-12(14)11-7-3-5-9-4-1-2-6-10(11)8-9/h1-7H,8H2,(H2,13,14). The topological polar surface area (TPSA) is 43.1 Å². The van der Waals surface area contributed by atoms with Crippen LogP contribution in [0.5, 0.6) is 0 Å². The second kappa shape index (κ2) is 3.50. The maximum atomic E-state index is 11.2. The summed E-state index contributed by atoms with van der Waals surface area (Å²) in [6.07, 6.45) is 14.3. The number of allylic oxidation sites excluding steroid dienone is 8. The van der Waals surface area contributed by atoms with Crippen LogP contribution < -0.4 is 5.73 Å². The van der Waals surface area contributed by atoms with Crippen LogP contribution in [0.1, 0.15) is 6.42 Å². The molecule has 0 unspecified atom stereocenters. The number of carbonyl (C=O) groups excluding carboxylic acids is 1. The van der Waals surface area contributed by atoms with E-state index >= 15 is 0 Å². The highest BCUT2D eigenvalue weighted by Crippen LogP contribution is 2.25. The van der Waals surface area contributed by atoms with Crippen molar-refractivity contribution in [3.8, 4) is 0 Å². The van der Waals surface area contributed by atoms with E-state index in [4.69, 9.17) is 5.73 Å². The molecule has 2 nitrogen and oxygen atoms in total. The third-order valence-electron chi connectivity index (χ3n) is 2.30. The first-order chi connectivity index (χ1) is 6.77. The molecule has 2 bridgehead atoms. The fourth-order valence-electron chi connectivity index (χ4n) is 1.60. The lowest BCUT2D eigenvalue weighted by molar-refractivity contribution is -0.114. The van der Waals surface area contributed by atoms with Gasteiger partial charge in [-0.3, -0.25) is 4.79 Å². The fraction of sp³-hybridized carbons (Fsp3) is 0.0833. The van der Waals surface area contributed by atoms with Crippen LogP contribution in [0.15, 0.2) is 59.3 Å². The first-order valence-electron chi connectivity index (χ1n) is 4.52. The molecule has 70 valence electrons. The molecule has 0 aromatic heterocycles. The average Bonchev–Trinajstić information content (AvgIpc) is 2.48. The van der Waals surface area contributed by atoms with E-state index in [0.717, 1.165) is 12.0 Å². The molecule has 0 saturated heterocycles. The minimum atomic E-state index is -0.363. The van der Waals surface area contributed by atoms with E-state index in [1.807, 2.05) is 36.5 Å². The van der Waals surface area contributed by atoms with E-state index in [9.17, 15) is 4.79 Å². The van der Waals surface area contributed by atoms with E-state index in [1.54, 1.807) is 6.08 Å². The number of amides is 1. The number of carbonyl (C=O) groups is 1. The van der Waals surface area contributed by atoms with Crippen molar-refractivity contribution in [2.75, 3.05) is 0 Å². The Morgan fingerprint density at radius 1 is 1.14 bits per heavy atom. The van der Waals surface area contributed by atoms with Crippen LogP contribution in [0.4, 0.5) is 0 Å². The van der Waals surface area contributed by atoms with E-state index in [2.05, 4.69) is 0 Å². The smallest absolute Gasteiger partial charge is 0.248 e. The van der Waals surface area contributed by atoms with Crippen LogP contribution in [0, 0.1) is 0 Å². The van der Waals surface area contributed by atoms with E-state index < -0.39 is 0 Å². The Kier molecular flexibility index (Phi) is 2.19. The number of hydrogen-bond donors (Lipinski definition) is 1. The zero-order chi connectivity index (χ0) is 9.97. The lowest BCUT2D eigenvalue weighted by atomic mass is 10.0. The Morgan fingerprint density at radius 2 is 1.93 bits per heavy atom. The highest BCUT2D eigenvalue weighted by molar-refractivity contribution is 5.97. The molecule has 0 radical (unpaired) electrons. The van der Waals surface area contributed by atoms with Gasteiger partial charge in [-0.25, -0.2) is 0 Å². The third-order valence-corrected chi connectivity index (χ3v) is 2.30. The third kappa shape index (κ3) is 1.59. The van der Waals surface area contributed by atoms with Gasteiger partial charge in [-0.15, -0.1) is 0 Å². The lowest BCUT2D eigenvalue weighted by Crippen LogP contribution is -2.15. The highest BCUT2D eigenvalue weighted by atomic mass is 16.1. The van der Waals surface area contributed by atoms with E-state index in [0.29, 0.717) is 5.57 Å². The molecule has 0 aromatic carbocycles. The van der Waals surface area contributed by atoms with Gasteiger partial charge in [0.25, 0.3) is 0 Å². The van der Waals surface area contributed by atoms with E-state index in [-0.39, 0.29) is 5.91 Å². The molecule has 2 N–H and O–H groups in total. The molecule has 0 saturated carbocycles. The van der Waals surface area contributed by atoms with Crippen molar-refractivity contribution in [1.29, 1.82) is 0 Å². The monoisotopic (exact) mass is 185 g/mol. The summed E-state index contributed by atoms with van der Waals surface area (Å²) in [6, 6.07) is 0. The lowest BCUT2D eigenvalue weighted by Gasteiger charge is -2.05. The van der Waals surface area contributed by atoms with Crippen LogP contribution in [-0.4, -0.2) is 5.91 Å². The molecule has 2 heteroatoms. The SMILES string of the molecule is NC(=O)C1=CC=CC2=CC=CC=C1C2. The molecule has 1 amide bonds. The summed E-state index contributed by atoms with van der Waals surface area (Å²) in [6.45, 7) is 0. The van der Waals surface area contributed by atoms with Crippen LogP contribution in [-0.2, 0) is 4.79 Å². The Hall–Kier alpha value is -1.83. The van der Waals surface area contributed by atoms with Crippen molar-refractivity contribution in [3.05, 3.63) is 59.3 Å². The van der Waals surface area contributed by atoms with Crippen molar-refractivity contribution in [2.45, 2.75) is 6.42 Å². The summed E-state index contributed by atoms with van der Waals surface area (Å²) in [5.41, 5.74) is 8.09. The normalized spacial score (nSPS) is 19.0. The average molecular weight is 185 g/mol. The van der Waals surface area contributed by atoms with Crippen molar-refractivity contribution < 1.29 is 4.79 Å². The molecule has 0 aromatic rings. The van der Waals surface area contributed by atoms with Crippen LogP contribution in [0.3, 0.4) is 0 Å². The molecule has 2 rings (SSSR count). The number of fused-ring (bicyclic) bond motifs is 2. The predicted octanol–water partition coefficient (Wildman–Crippen LogP) is 1.78. The van der Waals surface area contributed by atoms with Gasteiger partial charge in [0.1, 0.15) is 0 Å². The van der Waals surface area contributed by atoms with Gasteiger partial charge in [0.15, 0.2) is 0 Å². The van der Waals surface area contributed by atoms with Crippen LogP contribution in [0.2, 0.25) is 0 Å². The van der Waals surface area contributed by atoms with Gasteiger partial charge in [-0.05, 0) is 23.6 Å². The van der Waals surface area contributed by atoms with E-state index in [1.165, 1.54) is 5.57 Å². The quantitative estimate of drug-likeness (QED) is 0.664. The van der Waals surface area contributed by atoms with Gasteiger partial charge in [0.05, 0.1) is 0 Å². The van der Waals surface area contributed by atoms with Gasteiger partial charge in [-0.2, -0.15) is 0 Å². The molecular formula is C12H11NO. The molecule has 0 fully saturated rings. The van der Waals surface area contributed by atoms with Gasteiger partial charge >= 0.3 is 0 Å². The van der Waals surface area contributed by atoms with Crippen molar-refractivity contribution >= 4 is 5.91 Å². The second-order valence-corrected chi connectivity index (χ2v) is 3.30. The Labute approximate surface area is 82.8 Å². The van der Waals surface area contributed by atoms with Gasteiger partial charge in [0.2, 0.25) is 5.91 Å². The van der Waals surface area contributed by atoms with Crippen molar-refractivity contribution in [3.63, 3.8) is 0 Å². The Balaban J connectivity index is 2.48. The maximum absolute atomic E-state index is 11.2. The number of rotatable bonds is 1. The first-order valence-corrected chi connectivity index (χ1v) is 4.52. The molecule has 2 aliphatic rings. The fourth-order valence-corrected chi connectivity index (χ4v) is 1.60. The summed E-state index contributed by atoms with van der Waals surface area (Å²) in [7, 11) is 0. The molecule has 0 heterocycles. The summed E-state index contributed by atoms with van der Waals surface area (Å²) in [5.74, 6) is -0.363. The van der Waals surface area contributed by atoms with Crippen molar-refractivity contribution in [2.24, 2.45) is 5.73 Å². The largest absolute Gasteiger partial charge is 0.366 e. The Morgan fingerprint density at radius 3 is 2.71 bits per heavy atom.